The minimum absolute atomic E-state index is 0.237. The molecule has 1 fully saturated rings. The standard InChI is InChI=1S/C22H26N4O/c1-2-18(9-14-27)19-5-8-22(26-12-10-24-11-13-26)21(15-19)25-20-6-3-17(16-23)4-7-20/h3-8,14-15,18,24-25H,2,9-13H2,1H3. The molecule has 27 heavy (non-hydrogen) atoms. The Labute approximate surface area is 161 Å². The van der Waals surface area contributed by atoms with E-state index in [-0.39, 0.29) is 5.92 Å². The Morgan fingerprint density at radius 3 is 2.59 bits per heavy atom. The van der Waals surface area contributed by atoms with Crippen LogP contribution in [-0.2, 0) is 4.79 Å². The Morgan fingerprint density at radius 1 is 1.22 bits per heavy atom. The van der Waals surface area contributed by atoms with Gasteiger partial charge < -0.3 is 20.3 Å². The van der Waals surface area contributed by atoms with Crippen LogP contribution in [0.3, 0.4) is 0 Å². The van der Waals surface area contributed by atoms with Crippen molar-refractivity contribution in [1.82, 2.24) is 5.32 Å². The van der Waals surface area contributed by atoms with E-state index in [2.05, 4.69) is 46.7 Å². The number of carbonyl (C=O) groups excluding carboxylic acids is 1. The average Bonchev–Trinajstić information content (AvgIpc) is 2.73. The summed E-state index contributed by atoms with van der Waals surface area (Å²) in [5, 5.41) is 15.9. The van der Waals surface area contributed by atoms with E-state index >= 15 is 0 Å². The smallest absolute Gasteiger partial charge is 0.120 e. The largest absolute Gasteiger partial charge is 0.367 e. The number of rotatable bonds is 7. The number of aldehydes is 1. The maximum Gasteiger partial charge on any atom is 0.120 e. The summed E-state index contributed by atoms with van der Waals surface area (Å²) in [7, 11) is 0. The fourth-order valence-corrected chi connectivity index (χ4v) is 3.53. The van der Waals surface area contributed by atoms with Crippen molar-refractivity contribution in [3.05, 3.63) is 53.6 Å². The molecule has 1 atom stereocenters. The highest BCUT2D eigenvalue weighted by Crippen LogP contribution is 2.34. The van der Waals surface area contributed by atoms with Crippen molar-refractivity contribution in [3.8, 4) is 6.07 Å². The Morgan fingerprint density at radius 2 is 1.96 bits per heavy atom. The quantitative estimate of drug-likeness (QED) is 0.734. The third kappa shape index (κ3) is 4.66. The van der Waals surface area contributed by atoms with Gasteiger partial charge in [0.2, 0.25) is 0 Å². The van der Waals surface area contributed by atoms with Gasteiger partial charge in [0.25, 0.3) is 0 Å². The van der Waals surface area contributed by atoms with Crippen molar-refractivity contribution in [2.45, 2.75) is 25.7 Å². The molecule has 2 N–H and O–H groups in total. The molecule has 0 aromatic heterocycles. The van der Waals surface area contributed by atoms with Gasteiger partial charge in [-0.05, 0) is 54.3 Å². The molecule has 5 nitrogen and oxygen atoms in total. The first-order valence-corrected chi connectivity index (χ1v) is 9.55. The van der Waals surface area contributed by atoms with E-state index in [9.17, 15) is 4.79 Å². The first-order valence-electron chi connectivity index (χ1n) is 9.55. The minimum Gasteiger partial charge on any atom is -0.367 e. The van der Waals surface area contributed by atoms with Crippen molar-refractivity contribution >= 4 is 23.3 Å². The monoisotopic (exact) mass is 362 g/mol. The fraction of sp³-hybridized carbons (Fsp3) is 0.364. The van der Waals surface area contributed by atoms with Gasteiger partial charge in [0.15, 0.2) is 0 Å². The Balaban J connectivity index is 1.94. The van der Waals surface area contributed by atoms with Crippen LogP contribution in [-0.4, -0.2) is 32.5 Å². The van der Waals surface area contributed by atoms with E-state index in [1.54, 1.807) is 0 Å². The van der Waals surface area contributed by atoms with Gasteiger partial charge in [0, 0.05) is 38.3 Å². The molecule has 1 heterocycles. The fourth-order valence-electron chi connectivity index (χ4n) is 3.53. The molecule has 3 rings (SSSR count). The van der Waals surface area contributed by atoms with Gasteiger partial charge in [0.05, 0.1) is 23.0 Å². The van der Waals surface area contributed by atoms with Crippen molar-refractivity contribution in [2.75, 3.05) is 36.4 Å². The highest BCUT2D eigenvalue weighted by atomic mass is 16.1. The lowest BCUT2D eigenvalue weighted by Gasteiger charge is -2.32. The maximum absolute atomic E-state index is 11.0. The van der Waals surface area contributed by atoms with E-state index in [4.69, 9.17) is 5.26 Å². The van der Waals surface area contributed by atoms with Gasteiger partial charge in [-0.3, -0.25) is 0 Å². The number of piperazine rings is 1. The lowest BCUT2D eigenvalue weighted by molar-refractivity contribution is -0.108. The van der Waals surface area contributed by atoms with Crippen LogP contribution in [0.4, 0.5) is 17.1 Å². The second-order valence-corrected chi connectivity index (χ2v) is 6.84. The molecule has 0 spiro atoms. The predicted octanol–water partition coefficient (Wildman–Crippen LogP) is 3.79. The summed E-state index contributed by atoms with van der Waals surface area (Å²) in [6.45, 7) is 5.99. The molecule has 0 aliphatic carbocycles. The molecule has 0 radical (unpaired) electrons. The number of nitrogens with zero attached hydrogens (tertiary/aromatic N) is 2. The van der Waals surface area contributed by atoms with Crippen molar-refractivity contribution in [3.63, 3.8) is 0 Å². The summed E-state index contributed by atoms with van der Waals surface area (Å²) < 4.78 is 0. The van der Waals surface area contributed by atoms with Gasteiger partial charge in [-0.2, -0.15) is 5.26 Å². The lowest BCUT2D eigenvalue weighted by atomic mass is 9.93. The highest BCUT2D eigenvalue weighted by molar-refractivity contribution is 5.76. The number of nitriles is 1. The molecule has 2 aromatic rings. The second-order valence-electron chi connectivity index (χ2n) is 6.84. The van der Waals surface area contributed by atoms with Crippen LogP contribution in [0.2, 0.25) is 0 Å². The summed E-state index contributed by atoms with van der Waals surface area (Å²) in [4.78, 5) is 13.4. The molecule has 0 bridgehead atoms. The Bertz CT molecular complexity index is 804. The van der Waals surface area contributed by atoms with E-state index in [1.165, 1.54) is 11.3 Å². The van der Waals surface area contributed by atoms with Gasteiger partial charge in [-0.25, -0.2) is 0 Å². The van der Waals surface area contributed by atoms with Gasteiger partial charge >= 0.3 is 0 Å². The van der Waals surface area contributed by atoms with E-state index < -0.39 is 0 Å². The number of hydrogen-bond acceptors (Lipinski definition) is 5. The summed E-state index contributed by atoms with van der Waals surface area (Å²) in [5.41, 5.74) is 4.99. The van der Waals surface area contributed by atoms with E-state index in [0.717, 1.165) is 50.3 Å². The third-order valence-corrected chi connectivity index (χ3v) is 5.12. The Hall–Kier alpha value is -2.84. The first-order chi connectivity index (χ1) is 13.2. The molecule has 0 amide bonds. The van der Waals surface area contributed by atoms with Crippen LogP contribution in [0.5, 0.6) is 0 Å². The van der Waals surface area contributed by atoms with Crippen molar-refractivity contribution < 1.29 is 4.79 Å². The zero-order valence-electron chi connectivity index (χ0n) is 15.7. The second kappa shape index (κ2) is 9.20. The van der Waals surface area contributed by atoms with Gasteiger partial charge in [0.1, 0.15) is 6.29 Å². The molecule has 1 aliphatic rings. The summed E-state index contributed by atoms with van der Waals surface area (Å²) >= 11 is 0. The molecule has 1 unspecified atom stereocenters. The number of anilines is 3. The minimum atomic E-state index is 0.237. The summed E-state index contributed by atoms with van der Waals surface area (Å²) in [6, 6.07) is 16.1. The zero-order valence-corrected chi connectivity index (χ0v) is 15.7. The maximum atomic E-state index is 11.0. The predicted molar refractivity (Wildman–Crippen MR) is 110 cm³/mol. The number of nitrogens with one attached hydrogen (secondary N) is 2. The van der Waals surface area contributed by atoms with Gasteiger partial charge in [-0.15, -0.1) is 0 Å². The highest BCUT2D eigenvalue weighted by Gasteiger charge is 2.17. The molecule has 1 saturated heterocycles. The molecule has 5 heteroatoms. The molecule has 1 aliphatic heterocycles. The van der Waals surface area contributed by atoms with Crippen LogP contribution in [0.1, 0.15) is 36.8 Å². The van der Waals surface area contributed by atoms with Crippen LogP contribution >= 0.6 is 0 Å². The third-order valence-electron chi connectivity index (χ3n) is 5.12. The SMILES string of the molecule is CCC(CC=O)c1ccc(N2CCNCC2)c(Nc2ccc(C#N)cc2)c1. The van der Waals surface area contributed by atoms with Crippen LogP contribution < -0.4 is 15.5 Å². The topological polar surface area (TPSA) is 68.2 Å². The average molecular weight is 362 g/mol. The zero-order chi connectivity index (χ0) is 19.1. The van der Waals surface area contributed by atoms with Gasteiger partial charge in [-0.1, -0.05) is 13.0 Å². The summed E-state index contributed by atoms with van der Waals surface area (Å²) in [6.07, 6.45) is 2.48. The molecular formula is C22H26N4O. The molecule has 140 valence electrons. The van der Waals surface area contributed by atoms with E-state index in [0.29, 0.717) is 12.0 Å². The van der Waals surface area contributed by atoms with Crippen LogP contribution in [0.25, 0.3) is 0 Å². The summed E-state index contributed by atoms with van der Waals surface area (Å²) in [5.74, 6) is 0.237. The molecule has 0 saturated carbocycles. The number of benzene rings is 2. The van der Waals surface area contributed by atoms with Crippen molar-refractivity contribution in [2.24, 2.45) is 0 Å². The number of carbonyl (C=O) groups is 1. The Kier molecular flexibility index (Phi) is 6.45. The van der Waals surface area contributed by atoms with Crippen LogP contribution in [0, 0.1) is 11.3 Å². The first kappa shape index (κ1) is 18.9. The van der Waals surface area contributed by atoms with Crippen molar-refractivity contribution in [1.29, 1.82) is 5.26 Å². The molecule has 2 aromatic carbocycles. The lowest BCUT2D eigenvalue weighted by Crippen LogP contribution is -2.43. The van der Waals surface area contributed by atoms with E-state index in [1.807, 2.05) is 24.3 Å². The van der Waals surface area contributed by atoms with Crippen LogP contribution in [0.15, 0.2) is 42.5 Å². The molecular weight excluding hydrogens is 336 g/mol. The number of hydrogen-bond donors (Lipinski definition) is 2. The normalized spacial score (nSPS) is 15.0.